The quantitative estimate of drug-likeness (QED) is 0.711. The lowest BCUT2D eigenvalue weighted by Crippen LogP contribution is -2.46. The predicted molar refractivity (Wildman–Crippen MR) is 118 cm³/mol. The molecule has 2 saturated heterocycles. The Morgan fingerprint density at radius 2 is 2.00 bits per heavy atom. The Bertz CT molecular complexity index is 903. The summed E-state index contributed by atoms with van der Waals surface area (Å²) in [5.74, 6) is 0.613. The van der Waals surface area contributed by atoms with Crippen LogP contribution < -0.4 is 10.6 Å². The SMILES string of the molecule is CCOC(=O)c1cnc2c(c1N[C@@H]1C[C@H]3CC[C@@H](C1)N3Cc1ccccc1)CCN2. The maximum absolute atomic E-state index is 12.6. The number of ether oxygens (including phenoxy) is 1. The topological polar surface area (TPSA) is 66.5 Å². The fraction of sp³-hybridized carbons (Fsp3) is 0.500. The number of aromatic nitrogens is 1. The van der Waals surface area contributed by atoms with E-state index in [4.69, 9.17) is 4.74 Å². The van der Waals surface area contributed by atoms with Gasteiger partial charge in [0.05, 0.1) is 12.3 Å². The predicted octanol–water partition coefficient (Wildman–Crippen LogP) is 3.83. The number of carbonyl (C=O) groups is 1. The minimum Gasteiger partial charge on any atom is -0.462 e. The van der Waals surface area contributed by atoms with Gasteiger partial charge in [0.1, 0.15) is 11.4 Å². The molecule has 2 aromatic rings. The highest BCUT2D eigenvalue weighted by Crippen LogP contribution is 2.39. The summed E-state index contributed by atoms with van der Waals surface area (Å²) in [6.07, 6.45) is 7.29. The van der Waals surface area contributed by atoms with Gasteiger partial charge in [0.25, 0.3) is 0 Å². The third-order valence-electron chi connectivity index (χ3n) is 6.78. The third-order valence-corrected chi connectivity index (χ3v) is 6.78. The maximum atomic E-state index is 12.6. The number of fused-ring (bicyclic) bond motifs is 3. The van der Waals surface area contributed by atoms with Crippen LogP contribution in [0.3, 0.4) is 0 Å². The molecule has 3 aliphatic rings. The van der Waals surface area contributed by atoms with Crippen molar-refractivity contribution in [1.29, 1.82) is 0 Å². The molecule has 1 aromatic heterocycles. The van der Waals surface area contributed by atoms with Gasteiger partial charge >= 0.3 is 5.97 Å². The Morgan fingerprint density at radius 3 is 2.73 bits per heavy atom. The molecule has 2 bridgehead atoms. The van der Waals surface area contributed by atoms with Gasteiger partial charge in [0, 0.05) is 43.0 Å². The minimum atomic E-state index is -0.285. The van der Waals surface area contributed by atoms with Crippen molar-refractivity contribution in [2.24, 2.45) is 0 Å². The van der Waals surface area contributed by atoms with Crippen molar-refractivity contribution < 1.29 is 9.53 Å². The van der Waals surface area contributed by atoms with Crippen molar-refractivity contribution in [2.75, 3.05) is 23.8 Å². The van der Waals surface area contributed by atoms with Crippen LogP contribution in [0.2, 0.25) is 0 Å². The highest BCUT2D eigenvalue weighted by Gasteiger charge is 2.41. The molecule has 0 saturated carbocycles. The molecule has 2 N–H and O–H groups in total. The summed E-state index contributed by atoms with van der Waals surface area (Å²) in [5, 5.41) is 7.10. The van der Waals surface area contributed by atoms with Crippen LogP contribution in [0.25, 0.3) is 0 Å². The van der Waals surface area contributed by atoms with Crippen molar-refractivity contribution in [1.82, 2.24) is 9.88 Å². The van der Waals surface area contributed by atoms with E-state index >= 15 is 0 Å². The first kappa shape index (κ1) is 19.4. The summed E-state index contributed by atoms with van der Waals surface area (Å²) in [6, 6.07) is 12.3. The standard InChI is InChI=1S/C24H30N4O2/c1-2-30-24(29)21-14-26-23-20(10-11-25-23)22(21)27-17-12-18-8-9-19(13-17)28(18)15-16-6-4-3-5-7-16/h3-7,14,17-19H,2,8-13,15H2,1H3,(H2,25,26,27)/t17-,18-,19+. The second-order valence-electron chi connectivity index (χ2n) is 8.63. The van der Waals surface area contributed by atoms with E-state index in [1.54, 1.807) is 6.20 Å². The van der Waals surface area contributed by atoms with Crippen LogP contribution in [0.4, 0.5) is 11.5 Å². The Kier molecular flexibility index (Phi) is 5.34. The highest BCUT2D eigenvalue weighted by molar-refractivity contribution is 5.97. The second-order valence-corrected chi connectivity index (χ2v) is 8.63. The summed E-state index contributed by atoms with van der Waals surface area (Å²) in [6.45, 7) is 4.11. The lowest BCUT2D eigenvalue weighted by molar-refractivity contribution is 0.0527. The van der Waals surface area contributed by atoms with Crippen molar-refractivity contribution in [3.63, 3.8) is 0 Å². The molecule has 4 heterocycles. The Morgan fingerprint density at radius 1 is 1.23 bits per heavy atom. The fourth-order valence-corrected chi connectivity index (χ4v) is 5.43. The van der Waals surface area contributed by atoms with E-state index in [1.165, 1.54) is 18.4 Å². The maximum Gasteiger partial charge on any atom is 0.341 e. The smallest absolute Gasteiger partial charge is 0.341 e. The highest BCUT2D eigenvalue weighted by atomic mass is 16.5. The van der Waals surface area contributed by atoms with Crippen LogP contribution in [-0.4, -0.2) is 47.1 Å². The van der Waals surface area contributed by atoms with Crippen molar-refractivity contribution >= 4 is 17.5 Å². The van der Waals surface area contributed by atoms with Crippen LogP contribution in [-0.2, 0) is 17.7 Å². The molecular formula is C24H30N4O2. The Hall–Kier alpha value is -2.60. The van der Waals surface area contributed by atoms with Gasteiger partial charge in [-0.1, -0.05) is 30.3 Å². The Balaban J connectivity index is 1.34. The first-order valence-electron chi connectivity index (χ1n) is 11.2. The summed E-state index contributed by atoms with van der Waals surface area (Å²) in [5.41, 5.74) is 4.02. The van der Waals surface area contributed by atoms with Gasteiger partial charge in [-0.25, -0.2) is 9.78 Å². The van der Waals surface area contributed by atoms with Gasteiger partial charge < -0.3 is 15.4 Å². The zero-order chi connectivity index (χ0) is 20.5. The van der Waals surface area contributed by atoms with Gasteiger partial charge in [-0.05, 0) is 44.6 Å². The van der Waals surface area contributed by atoms with Gasteiger partial charge in [0.15, 0.2) is 0 Å². The van der Waals surface area contributed by atoms with Gasteiger partial charge in [-0.2, -0.15) is 0 Å². The van der Waals surface area contributed by atoms with Crippen LogP contribution in [0, 0.1) is 0 Å². The molecule has 0 spiro atoms. The second kappa shape index (κ2) is 8.26. The molecule has 6 heteroatoms. The number of nitrogens with zero attached hydrogens (tertiary/aromatic N) is 2. The molecule has 158 valence electrons. The number of hydrogen-bond acceptors (Lipinski definition) is 6. The van der Waals surface area contributed by atoms with Gasteiger partial charge in [0.2, 0.25) is 0 Å². The van der Waals surface area contributed by atoms with Crippen LogP contribution in [0.5, 0.6) is 0 Å². The normalized spacial score (nSPS) is 24.9. The van der Waals surface area contributed by atoms with Crippen LogP contribution >= 0.6 is 0 Å². The first-order chi connectivity index (χ1) is 14.7. The van der Waals surface area contributed by atoms with E-state index in [-0.39, 0.29) is 5.97 Å². The summed E-state index contributed by atoms with van der Waals surface area (Å²) in [7, 11) is 0. The number of nitrogens with one attached hydrogen (secondary N) is 2. The first-order valence-corrected chi connectivity index (χ1v) is 11.2. The average Bonchev–Trinajstić information content (AvgIpc) is 3.31. The molecule has 2 fully saturated rings. The molecule has 1 aromatic carbocycles. The number of piperidine rings is 1. The van der Waals surface area contributed by atoms with Crippen molar-refractivity contribution in [3.8, 4) is 0 Å². The molecule has 30 heavy (non-hydrogen) atoms. The molecule has 0 radical (unpaired) electrons. The molecule has 6 nitrogen and oxygen atoms in total. The minimum absolute atomic E-state index is 0.285. The number of anilines is 2. The van der Waals surface area contributed by atoms with E-state index < -0.39 is 0 Å². The molecule has 0 aliphatic carbocycles. The number of esters is 1. The lowest BCUT2D eigenvalue weighted by atomic mass is 9.95. The average molecular weight is 407 g/mol. The van der Waals surface area contributed by atoms with E-state index in [0.717, 1.165) is 49.4 Å². The fourth-order valence-electron chi connectivity index (χ4n) is 5.43. The molecule has 3 atom stereocenters. The largest absolute Gasteiger partial charge is 0.462 e. The Labute approximate surface area is 178 Å². The van der Waals surface area contributed by atoms with E-state index in [1.807, 2.05) is 6.92 Å². The number of benzene rings is 1. The number of pyridine rings is 1. The van der Waals surface area contributed by atoms with Gasteiger partial charge in [-0.3, -0.25) is 4.90 Å². The third kappa shape index (κ3) is 3.65. The number of carbonyl (C=O) groups excluding carboxylic acids is 1. The molecular weight excluding hydrogens is 376 g/mol. The monoisotopic (exact) mass is 406 g/mol. The van der Waals surface area contributed by atoms with E-state index in [0.29, 0.717) is 30.3 Å². The number of hydrogen-bond donors (Lipinski definition) is 2. The van der Waals surface area contributed by atoms with Crippen molar-refractivity contribution in [3.05, 3.63) is 53.2 Å². The summed E-state index contributed by atoms with van der Waals surface area (Å²) in [4.78, 5) is 19.7. The number of rotatable bonds is 6. The van der Waals surface area contributed by atoms with Gasteiger partial charge in [-0.15, -0.1) is 0 Å². The lowest BCUT2D eigenvalue weighted by Gasteiger charge is -2.40. The summed E-state index contributed by atoms with van der Waals surface area (Å²) < 4.78 is 5.31. The molecule has 0 amide bonds. The summed E-state index contributed by atoms with van der Waals surface area (Å²) >= 11 is 0. The van der Waals surface area contributed by atoms with Crippen LogP contribution in [0.15, 0.2) is 36.5 Å². The molecule has 5 rings (SSSR count). The van der Waals surface area contributed by atoms with Crippen LogP contribution in [0.1, 0.15) is 54.1 Å². The molecule has 0 unspecified atom stereocenters. The molecule has 3 aliphatic heterocycles. The van der Waals surface area contributed by atoms with Crippen molar-refractivity contribution in [2.45, 2.75) is 63.7 Å². The van der Waals surface area contributed by atoms with E-state index in [9.17, 15) is 4.79 Å². The zero-order valence-corrected chi connectivity index (χ0v) is 17.6. The zero-order valence-electron chi connectivity index (χ0n) is 17.6. The van der Waals surface area contributed by atoms with E-state index in [2.05, 4.69) is 50.8 Å².